The lowest BCUT2D eigenvalue weighted by molar-refractivity contribution is -0.138. The van der Waals surface area contributed by atoms with Crippen molar-refractivity contribution in [3.63, 3.8) is 0 Å². The minimum absolute atomic E-state index is 0.0319. The molecular weight excluding hydrogens is 367 g/mol. The summed E-state index contributed by atoms with van der Waals surface area (Å²) in [5, 5.41) is 15.4. The Morgan fingerprint density at radius 3 is 2.59 bits per heavy atom. The number of nitrogens with one attached hydrogen (secondary N) is 1. The molecule has 0 bridgehead atoms. The number of carboxylic acid groups (broad SMARTS) is 1. The van der Waals surface area contributed by atoms with Gasteiger partial charge in [0.1, 0.15) is 5.75 Å². The molecule has 0 aliphatic rings. The Morgan fingerprint density at radius 1 is 1.26 bits per heavy atom. The molecule has 0 saturated heterocycles. The fourth-order valence-corrected chi connectivity index (χ4v) is 2.32. The standard InChI is InChI=1S/C17H18F3N3O4/c1-10-16(21-14(24)6-7-15(25)26)11(2)23(22-10)9-27-13-5-3-4-12(8-13)17(18,19)20/h3-5,8H,6-7,9H2,1-2H3,(H,21,24)(H,25,26). The number of aliphatic carboxylic acids is 1. The average molecular weight is 385 g/mol. The summed E-state index contributed by atoms with van der Waals surface area (Å²) in [6.45, 7) is 3.14. The van der Waals surface area contributed by atoms with Crippen molar-refractivity contribution in [2.75, 3.05) is 5.32 Å². The number of nitrogens with zero attached hydrogens (tertiary/aromatic N) is 2. The first kappa shape index (κ1) is 20.3. The molecule has 0 atom stereocenters. The first-order valence-electron chi connectivity index (χ1n) is 7.93. The largest absolute Gasteiger partial charge is 0.481 e. The van der Waals surface area contributed by atoms with Crippen molar-refractivity contribution in [2.24, 2.45) is 0 Å². The number of halogens is 3. The molecule has 2 aromatic rings. The lowest BCUT2D eigenvalue weighted by Gasteiger charge is -2.11. The Morgan fingerprint density at radius 2 is 1.96 bits per heavy atom. The monoisotopic (exact) mass is 385 g/mol. The number of ether oxygens (including phenoxy) is 1. The van der Waals surface area contributed by atoms with Gasteiger partial charge in [-0.15, -0.1) is 0 Å². The van der Waals surface area contributed by atoms with E-state index in [4.69, 9.17) is 9.84 Å². The van der Waals surface area contributed by atoms with Gasteiger partial charge >= 0.3 is 12.1 Å². The van der Waals surface area contributed by atoms with Crippen molar-refractivity contribution >= 4 is 17.6 Å². The van der Waals surface area contributed by atoms with Gasteiger partial charge in [0.25, 0.3) is 0 Å². The molecule has 7 nitrogen and oxygen atoms in total. The second-order valence-corrected chi connectivity index (χ2v) is 5.79. The van der Waals surface area contributed by atoms with Crippen molar-refractivity contribution in [3.8, 4) is 5.75 Å². The van der Waals surface area contributed by atoms with E-state index in [0.29, 0.717) is 17.1 Å². The van der Waals surface area contributed by atoms with E-state index in [-0.39, 0.29) is 25.3 Å². The number of aryl methyl sites for hydroxylation is 1. The van der Waals surface area contributed by atoms with Gasteiger partial charge in [0.05, 0.1) is 29.1 Å². The topological polar surface area (TPSA) is 93.5 Å². The second kappa shape index (κ2) is 8.11. The van der Waals surface area contributed by atoms with Gasteiger partial charge in [0.15, 0.2) is 6.73 Å². The number of carboxylic acids is 1. The van der Waals surface area contributed by atoms with Crippen LogP contribution in [-0.4, -0.2) is 26.8 Å². The third-order valence-corrected chi connectivity index (χ3v) is 3.73. The van der Waals surface area contributed by atoms with Crippen LogP contribution < -0.4 is 10.1 Å². The van der Waals surface area contributed by atoms with E-state index in [1.54, 1.807) is 13.8 Å². The van der Waals surface area contributed by atoms with E-state index >= 15 is 0 Å². The fraction of sp³-hybridized carbons (Fsp3) is 0.353. The van der Waals surface area contributed by atoms with Gasteiger partial charge in [-0.1, -0.05) is 6.07 Å². The van der Waals surface area contributed by atoms with Crippen molar-refractivity contribution in [1.29, 1.82) is 0 Å². The maximum absolute atomic E-state index is 12.7. The lowest BCUT2D eigenvalue weighted by Crippen LogP contribution is -2.15. The SMILES string of the molecule is Cc1nn(COc2cccc(C(F)(F)F)c2)c(C)c1NC(=O)CCC(=O)O. The predicted molar refractivity (Wildman–Crippen MR) is 89.3 cm³/mol. The van der Waals surface area contributed by atoms with Gasteiger partial charge in [-0.25, -0.2) is 4.68 Å². The molecule has 2 rings (SSSR count). The Hall–Kier alpha value is -3.04. The van der Waals surface area contributed by atoms with Gasteiger partial charge in [-0.2, -0.15) is 18.3 Å². The quantitative estimate of drug-likeness (QED) is 0.762. The first-order chi connectivity index (χ1) is 12.6. The summed E-state index contributed by atoms with van der Waals surface area (Å²) in [6.07, 6.45) is -4.94. The number of hydrogen-bond acceptors (Lipinski definition) is 4. The van der Waals surface area contributed by atoms with Crippen LogP contribution in [0.2, 0.25) is 0 Å². The number of anilines is 1. The molecule has 0 fully saturated rings. The highest BCUT2D eigenvalue weighted by molar-refractivity contribution is 5.93. The molecule has 0 unspecified atom stereocenters. The Kier molecular flexibility index (Phi) is 6.09. The van der Waals surface area contributed by atoms with Gasteiger partial charge < -0.3 is 15.2 Å². The molecule has 0 aliphatic carbocycles. The number of carbonyl (C=O) groups excluding carboxylic acids is 1. The van der Waals surface area contributed by atoms with Crippen molar-refractivity contribution in [1.82, 2.24) is 9.78 Å². The van der Waals surface area contributed by atoms with Crippen LogP contribution in [0.3, 0.4) is 0 Å². The van der Waals surface area contributed by atoms with Crippen LogP contribution in [0.4, 0.5) is 18.9 Å². The smallest absolute Gasteiger partial charge is 0.416 e. The number of hydrogen-bond donors (Lipinski definition) is 2. The molecular formula is C17H18F3N3O4. The Balaban J connectivity index is 2.06. The Bertz CT molecular complexity index is 846. The number of aromatic nitrogens is 2. The van der Waals surface area contributed by atoms with E-state index in [2.05, 4.69) is 10.4 Å². The molecule has 27 heavy (non-hydrogen) atoms. The zero-order chi connectivity index (χ0) is 20.2. The highest BCUT2D eigenvalue weighted by atomic mass is 19.4. The molecule has 2 N–H and O–H groups in total. The highest BCUT2D eigenvalue weighted by Gasteiger charge is 2.30. The number of alkyl halides is 3. The molecule has 0 radical (unpaired) electrons. The molecule has 0 aliphatic heterocycles. The number of benzene rings is 1. The van der Waals surface area contributed by atoms with Gasteiger partial charge in [0.2, 0.25) is 5.91 Å². The average Bonchev–Trinajstić information content (AvgIpc) is 2.85. The summed E-state index contributed by atoms with van der Waals surface area (Å²) in [4.78, 5) is 22.3. The highest BCUT2D eigenvalue weighted by Crippen LogP contribution is 2.31. The molecule has 1 aromatic carbocycles. The molecule has 10 heteroatoms. The zero-order valence-corrected chi connectivity index (χ0v) is 14.6. The fourth-order valence-electron chi connectivity index (χ4n) is 2.32. The van der Waals surface area contributed by atoms with Gasteiger partial charge in [-0.05, 0) is 32.0 Å². The van der Waals surface area contributed by atoms with E-state index < -0.39 is 23.6 Å². The first-order valence-corrected chi connectivity index (χ1v) is 7.93. The normalized spacial score (nSPS) is 11.3. The van der Waals surface area contributed by atoms with Gasteiger partial charge in [0, 0.05) is 6.42 Å². The number of carbonyl (C=O) groups is 2. The third-order valence-electron chi connectivity index (χ3n) is 3.73. The molecule has 0 spiro atoms. The summed E-state index contributed by atoms with van der Waals surface area (Å²) in [7, 11) is 0. The Labute approximate surface area is 152 Å². The van der Waals surface area contributed by atoms with Crippen LogP contribution in [0, 0.1) is 13.8 Å². The minimum atomic E-state index is -4.47. The third kappa shape index (κ3) is 5.47. The summed E-state index contributed by atoms with van der Waals surface area (Å²) in [6, 6.07) is 4.48. The summed E-state index contributed by atoms with van der Waals surface area (Å²) in [5.41, 5.74) is 0.602. The predicted octanol–water partition coefficient (Wildman–Crippen LogP) is 3.36. The van der Waals surface area contributed by atoms with Crippen LogP contribution >= 0.6 is 0 Å². The maximum Gasteiger partial charge on any atom is 0.416 e. The number of amides is 1. The molecule has 1 aromatic heterocycles. The zero-order valence-electron chi connectivity index (χ0n) is 14.6. The van der Waals surface area contributed by atoms with E-state index in [1.807, 2.05) is 0 Å². The summed E-state index contributed by atoms with van der Waals surface area (Å²) < 4.78 is 45.0. The van der Waals surface area contributed by atoms with Gasteiger partial charge in [-0.3, -0.25) is 9.59 Å². The van der Waals surface area contributed by atoms with Crippen LogP contribution in [0.25, 0.3) is 0 Å². The van der Waals surface area contributed by atoms with Crippen molar-refractivity contribution in [2.45, 2.75) is 39.6 Å². The van der Waals surface area contributed by atoms with Crippen molar-refractivity contribution in [3.05, 3.63) is 41.2 Å². The van der Waals surface area contributed by atoms with E-state index in [0.717, 1.165) is 12.1 Å². The molecule has 146 valence electrons. The number of rotatable bonds is 7. The minimum Gasteiger partial charge on any atom is -0.481 e. The van der Waals surface area contributed by atoms with Crippen molar-refractivity contribution < 1.29 is 32.6 Å². The maximum atomic E-state index is 12.7. The van der Waals surface area contributed by atoms with Crippen LogP contribution in [-0.2, 0) is 22.5 Å². The molecule has 1 heterocycles. The second-order valence-electron chi connectivity index (χ2n) is 5.79. The summed E-state index contributed by atoms with van der Waals surface area (Å²) in [5.74, 6) is -1.52. The molecule has 1 amide bonds. The lowest BCUT2D eigenvalue weighted by atomic mass is 10.2. The van der Waals surface area contributed by atoms with E-state index in [9.17, 15) is 22.8 Å². The van der Waals surface area contributed by atoms with Crippen LogP contribution in [0.15, 0.2) is 24.3 Å². The van der Waals surface area contributed by atoms with Crippen LogP contribution in [0.5, 0.6) is 5.75 Å². The van der Waals surface area contributed by atoms with Crippen LogP contribution in [0.1, 0.15) is 29.8 Å². The summed E-state index contributed by atoms with van der Waals surface area (Å²) >= 11 is 0. The molecule has 0 saturated carbocycles. The van der Waals surface area contributed by atoms with E-state index in [1.165, 1.54) is 16.8 Å².